The van der Waals surface area contributed by atoms with Gasteiger partial charge in [-0.3, -0.25) is 4.79 Å². The maximum atomic E-state index is 12.4. The van der Waals surface area contributed by atoms with Gasteiger partial charge in [-0.1, -0.05) is 18.2 Å². The van der Waals surface area contributed by atoms with Crippen molar-refractivity contribution in [3.63, 3.8) is 0 Å². The minimum absolute atomic E-state index is 0.0576. The molecule has 1 aromatic carbocycles. The highest BCUT2D eigenvalue weighted by Gasteiger charge is 2.37. The molecule has 3 amide bonds. The first-order valence-electron chi connectivity index (χ1n) is 7.68. The van der Waals surface area contributed by atoms with Crippen molar-refractivity contribution in [3.05, 3.63) is 30.3 Å². The van der Waals surface area contributed by atoms with E-state index < -0.39 is 6.03 Å². The van der Waals surface area contributed by atoms with Crippen molar-refractivity contribution in [3.8, 4) is 5.75 Å². The first-order chi connectivity index (χ1) is 10.6. The number of benzene rings is 1. The Balaban J connectivity index is 1.48. The van der Waals surface area contributed by atoms with Crippen LogP contribution in [-0.4, -0.2) is 54.0 Å². The van der Waals surface area contributed by atoms with Gasteiger partial charge in [0.2, 0.25) is 5.91 Å². The number of hydrogen-bond donors (Lipinski definition) is 1. The van der Waals surface area contributed by atoms with Crippen molar-refractivity contribution in [2.24, 2.45) is 11.7 Å². The number of para-hydroxylation sites is 1. The summed E-state index contributed by atoms with van der Waals surface area (Å²) in [6.07, 6.45) is 1.71. The molecule has 22 heavy (non-hydrogen) atoms. The third-order valence-electron chi connectivity index (χ3n) is 4.29. The van der Waals surface area contributed by atoms with Gasteiger partial charge in [-0.05, 0) is 25.0 Å². The van der Waals surface area contributed by atoms with Crippen molar-refractivity contribution in [2.75, 3.05) is 26.2 Å². The lowest BCUT2D eigenvalue weighted by Crippen LogP contribution is -2.59. The van der Waals surface area contributed by atoms with Crippen LogP contribution in [0.25, 0.3) is 0 Å². The second kappa shape index (κ2) is 6.25. The highest BCUT2D eigenvalue weighted by Crippen LogP contribution is 2.23. The first-order valence-corrected chi connectivity index (χ1v) is 7.68. The van der Waals surface area contributed by atoms with Crippen LogP contribution in [0.2, 0.25) is 0 Å². The van der Waals surface area contributed by atoms with E-state index in [1.54, 1.807) is 4.90 Å². The van der Waals surface area contributed by atoms with E-state index in [0.29, 0.717) is 26.2 Å². The van der Waals surface area contributed by atoms with Crippen LogP contribution in [0.5, 0.6) is 5.75 Å². The summed E-state index contributed by atoms with van der Waals surface area (Å²) in [4.78, 5) is 27.0. The molecule has 6 heteroatoms. The Bertz CT molecular complexity index is 543. The Morgan fingerprint density at radius 3 is 2.50 bits per heavy atom. The smallest absolute Gasteiger partial charge is 0.314 e. The fourth-order valence-electron chi connectivity index (χ4n) is 3.02. The van der Waals surface area contributed by atoms with Crippen LogP contribution in [0.4, 0.5) is 4.79 Å². The van der Waals surface area contributed by atoms with Crippen LogP contribution in [0.15, 0.2) is 30.3 Å². The topological polar surface area (TPSA) is 75.9 Å². The van der Waals surface area contributed by atoms with E-state index in [1.807, 2.05) is 35.2 Å². The van der Waals surface area contributed by atoms with Crippen molar-refractivity contribution in [1.29, 1.82) is 0 Å². The molecule has 2 heterocycles. The molecule has 2 N–H and O–H groups in total. The number of nitrogens with two attached hydrogens (primary N) is 1. The highest BCUT2D eigenvalue weighted by atomic mass is 16.5. The Morgan fingerprint density at radius 1 is 1.09 bits per heavy atom. The molecule has 3 rings (SSSR count). The number of hydrogen-bond acceptors (Lipinski definition) is 3. The molecule has 6 nitrogen and oxygen atoms in total. The quantitative estimate of drug-likeness (QED) is 0.907. The number of piperidine rings is 1. The zero-order valence-corrected chi connectivity index (χ0v) is 12.5. The number of carbonyl (C=O) groups excluding carboxylic acids is 2. The molecule has 2 aliphatic rings. The van der Waals surface area contributed by atoms with Gasteiger partial charge in [-0.2, -0.15) is 0 Å². The zero-order chi connectivity index (χ0) is 15.5. The minimum atomic E-state index is -0.439. The lowest BCUT2D eigenvalue weighted by molar-refractivity contribution is -0.145. The van der Waals surface area contributed by atoms with Gasteiger partial charge in [0.25, 0.3) is 0 Å². The molecule has 2 saturated heterocycles. The average Bonchev–Trinajstić information content (AvgIpc) is 2.51. The average molecular weight is 303 g/mol. The molecule has 0 unspecified atom stereocenters. The summed E-state index contributed by atoms with van der Waals surface area (Å²) in [7, 11) is 0. The summed E-state index contributed by atoms with van der Waals surface area (Å²) < 4.78 is 5.80. The Morgan fingerprint density at radius 2 is 1.82 bits per heavy atom. The summed E-state index contributed by atoms with van der Waals surface area (Å²) in [6, 6.07) is 9.18. The van der Waals surface area contributed by atoms with Crippen molar-refractivity contribution in [2.45, 2.75) is 18.9 Å². The summed E-state index contributed by atoms with van der Waals surface area (Å²) in [5, 5.41) is 0. The Labute approximate surface area is 129 Å². The highest BCUT2D eigenvalue weighted by molar-refractivity contribution is 5.81. The number of urea groups is 1. The number of carbonyl (C=O) groups is 2. The van der Waals surface area contributed by atoms with Crippen LogP contribution in [0, 0.1) is 5.92 Å². The lowest BCUT2D eigenvalue weighted by atomic mass is 9.95. The number of ether oxygens (including phenoxy) is 1. The van der Waals surface area contributed by atoms with E-state index >= 15 is 0 Å². The summed E-state index contributed by atoms with van der Waals surface area (Å²) in [6.45, 7) is 2.31. The standard InChI is InChI=1S/C16H21N3O3/c17-16(21)18-8-4-5-12(9-18)15(20)19-10-14(11-19)22-13-6-2-1-3-7-13/h1-3,6-7,12,14H,4-5,8-11H2,(H2,17,21)/t12-/m1/s1. The molecule has 0 aliphatic carbocycles. The molecule has 0 saturated carbocycles. The van der Waals surface area contributed by atoms with Gasteiger partial charge in [0.05, 0.1) is 19.0 Å². The molecule has 1 aromatic rings. The van der Waals surface area contributed by atoms with Crippen molar-refractivity contribution >= 4 is 11.9 Å². The first kappa shape index (κ1) is 14.7. The molecule has 0 aromatic heterocycles. The summed E-state index contributed by atoms with van der Waals surface area (Å²) in [5.74, 6) is 0.815. The fraction of sp³-hybridized carbons (Fsp3) is 0.500. The van der Waals surface area contributed by atoms with Gasteiger partial charge in [0.15, 0.2) is 0 Å². The van der Waals surface area contributed by atoms with Crippen LogP contribution < -0.4 is 10.5 Å². The molecule has 0 bridgehead atoms. The van der Waals surface area contributed by atoms with Gasteiger partial charge >= 0.3 is 6.03 Å². The van der Waals surface area contributed by atoms with Crippen LogP contribution in [0.3, 0.4) is 0 Å². The molecule has 1 atom stereocenters. The normalized spacial score (nSPS) is 22.1. The number of likely N-dealkylation sites (tertiary alicyclic amines) is 2. The van der Waals surface area contributed by atoms with E-state index in [0.717, 1.165) is 18.6 Å². The van der Waals surface area contributed by atoms with E-state index in [4.69, 9.17) is 10.5 Å². The second-order valence-corrected chi connectivity index (χ2v) is 5.92. The third-order valence-corrected chi connectivity index (χ3v) is 4.29. The molecule has 2 aliphatic heterocycles. The van der Waals surface area contributed by atoms with E-state index in [-0.39, 0.29) is 17.9 Å². The second-order valence-electron chi connectivity index (χ2n) is 5.92. The fourth-order valence-corrected chi connectivity index (χ4v) is 3.02. The van der Waals surface area contributed by atoms with E-state index in [1.165, 1.54) is 0 Å². The molecular weight excluding hydrogens is 282 g/mol. The SMILES string of the molecule is NC(=O)N1CCC[C@@H](C(=O)N2CC(Oc3ccccc3)C2)C1. The van der Waals surface area contributed by atoms with Crippen molar-refractivity contribution < 1.29 is 14.3 Å². The van der Waals surface area contributed by atoms with Crippen LogP contribution >= 0.6 is 0 Å². The third kappa shape index (κ3) is 3.16. The van der Waals surface area contributed by atoms with Crippen molar-refractivity contribution in [1.82, 2.24) is 9.80 Å². The van der Waals surface area contributed by atoms with Gasteiger partial charge in [0.1, 0.15) is 11.9 Å². The molecule has 0 radical (unpaired) electrons. The zero-order valence-electron chi connectivity index (χ0n) is 12.5. The van der Waals surface area contributed by atoms with Crippen LogP contribution in [-0.2, 0) is 4.79 Å². The predicted molar refractivity (Wildman–Crippen MR) is 81.3 cm³/mol. The Kier molecular flexibility index (Phi) is 4.18. The van der Waals surface area contributed by atoms with E-state index in [9.17, 15) is 9.59 Å². The molecule has 0 spiro atoms. The molecule has 118 valence electrons. The lowest BCUT2D eigenvalue weighted by Gasteiger charge is -2.42. The van der Waals surface area contributed by atoms with Gasteiger partial charge in [-0.15, -0.1) is 0 Å². The number of primary amides is 1. The summed E-state index contributed by atoms with van der Waals surface area (Å²) >= 11 is 0. The number of amides is 3. The molecular formula is C16H21N3O3. The van der Waals surface area contributed by atoms with Gasteiger partial charge < -0.3 is 20.3 Å². The number of nitrogens with zero attached hydrogens (tertiary/aromatic N) is 2. The van der Waals surface area contributed by atoms with Gasteiger partial charge in [0, 0.05) is 13.1 Å². The largest absolute Gasteiger partial charge is 0.487 e. The maximum Gasteiger partial charge on any atom is 0.314 e. The monoisotopic (exact) mass is 303 g/mol. The van der Waals surface area contributed by atoms with Gasteiger partial charge in [-0.25, -0.2) is 4.79 Å². The Hall–Kier alpha value is -2.24. The maximum absolute atomic E-state index is 12.4. The van der Waals surface area contributed by atoms with E-state index in [2.05, 4.69) is 0 Å². The number of rotatable bonds is 3. The molecule has 2 fully saturated rings. The summed E-state index contributed by atoms with van der Waals surface area (Å²) in [5.41, 5.74) is 5.30. The predicted octanol–water partition coefficient (Wildman–Crippen LogP) is 1.07. The minimum Gasteiger partial charge on any atom is -0.487 e. The van der Waals surface area contributed by atoms with Crippen LogP contribution in [0.1, 0.15) is 12.8 Å².